The lowest BCUT2D eigenvalue weighted by molar-refractivity contribution is -0.390. The molecule has 0 spiro atoms. The van der Waals surface area contributed by atoms with Crippen LogP contribution in [0.1, 0.15) is 28.7 Å². The number of halogens is 1. The molecule has 0 bridgehead atoms. The van der Waals surface area contributed by atoms with Gasteiger partial charge in [0, 0.05) is 28.1 Å². The molecule has 29 heavy (non-hydrogen) atoms. The van der Waals surface area contributed by atoms with Crippen molar-refractivity contribution in [2.45, 2.75) is 26.4 Å². The Bertz CT molecular complexity index is 1060. The van der Waals surface area contributed by atoms with Crippen molar-refractivity contribution in [2.75, 3.05) is 0 Å². The van der Waals surface area contributed by atoms with Crippen molar-refractivity contribution in [3.8, 4) is 11.5 Å². The second-order valence-corrected chi connectivity index (χ2v) is 7.46. The van der Waals surface area contributed by atoms with Crippen LogP contribution in [0.25, 0.3) is 0 Å². The lowest BCUT2D eigenvalue weighted by Gasteiger charge is -2.28. The van der Waals surface area contributed by atoms with Gasteiger partial charge in [0.1, 0.15) is 18.1 Å². The molecule has 7 nitrogen and oxygen atoms in total. The van der Waals surface area contributed by atoms with Crippen LogP contribution in [0.4, 0.5) is 5.82 Å². The van der Waals surface area contributed by atoms with Crippen LogP contribution in [0.15, 0.2) is 59.1 Å². The first-order valence-electron chi connectivity index (χ1n) is 8.90. The summed E-state index contributed by atoms with van der Waals surface area (Å²) in [6, 6.07) is 16.7. The molecule has 0 amide bonds. The molecule has 3 aromatic rings. The monoisotopic (exact) mass is 456 g/mol. The number of benzene rings is 2. The normalized spacial score (nSPS) is 15.3. The maximum Gasteiger partial charge on any atom is 0.406 e. The summed E-state index contributed by atoms with van der Waals surface area (Å²) < 4.78 is 18.6. The molecule has 0 saturated heterocycles. The van der Waals surface area contributed by atoms with Gasteiger partial charge in [-0.2, -0.15) is 0 Å². The van der Waals surface area contributed by atoms with E-state index < -0.39 is 11.2 Å². The fraction of sp³-hybridized carbons (Fsp3) is 0.190. The summed E-state index contributed by atoms with van der Waals surface area (Å²) in [5.41, 5.74) is 3.09. The van der Waals surface area contributed by atoms with E-state index in [1.54, 1.807) is 19.1 Å². The minimum Gasteiger partial charge on any atom is -0.481 e. The lowest BCUT2D eigenvalue weighted by Crippen LogP contribution is -2.19. The minimum atomic E-state index is -0.547. The maximum atomic E-state index is 11.3. The Morgan fingerprint density at radius 2 is 2.03 bits per heavy atom. The standard InChI is InChI=1S/C21H17BrN2O5/c1-13-7-8-18(20(23-13)24(25)26)27-11-15-9-17(22)10-16-12-28-21(29-19(15)16)14-5-3-2-4-6-14/h2-10,21H,11-12H2,1H3/t21-/m0/s1. The lowest BCUT2D eigenvalue weighted by atomic mass is 10.1. The molecule has 0 saturated carbocycles. The molecular formula is C21H17BrN2O5. The zero-order valence-electron chi connectivity index (χ0n) is 15.5. The molecule has 148 valence electrons. The average Bonchev–Trinajstić information content (AvgIpc) is 2.72. The Hall–Kier alpha value is -2.97. The van der Waals surface area contributed by atoms with Crippen LogP contribution in [-0.2, 0) is 18.0 Å². The number of aryl methyl sites for hydroxylation is 1. The topological polar surface area (TPSA) is 83.7 Å². The summed E-state index contributed by atoms with van der Waals surface area (Å²) in [5, 5.41) is 11.3. The Labute approximate surface area is 175 Å². The smallest absolute Gasteiger partial charge is 0.406 e. The van der Waals surface area contributed by atoms with E-state index >= 15 is 0 Å². The molecule has 0 N–H and O–H groups in total. The quantitative estimate of drug-likeness (QED) is 0.385. The van der Waals surface area contributed by atoms with Gasteiger partial charge in [0.25, 0.3) is 0 Å². The van der Waals surface area contributed by atoms with Crippen molar-refractivity contribution in [2.24, 2.45) is 0 Å². The third-order valence-electron chi connectivity index (χ3n) is 4.43. The number of pyridine rings is 1. The van der Waals surface area contributed by atoms with Crippen LogP contribution < -0.4 is 9.47 Å². The van der Waals surface area contributed by atoms with Gasteiger partial charge in [-0.3, -0.25) is 0 Å². The fourth-order valence-electron chi connectivity index (χ4n) is 3.09. The first kappa shape index (κ1) is 19.4. The molecule has 1 aliphatic heterocycles. The van der Waals surface area contributed by atoms with Crippen molar-refractivity contribution < 1.29 is 19.1 Å². The molecule has 0 aliphatic carbocycles. The predicted molar refractivity (Wildman–Crippen MR) is 109 cm³/mol. The van der Waals surface area contributed by atoms with Gasteiger partial charge in [-0.15, -0.1) is 0 Å². The highest BCUT2D eigenvalue weighted by atomic mass is 79.9. The fourth-order valence-corrected chi connectivity index (χ4v) is 3.64. The highest BCUT2D eigenvalue weighted by molar-refractivity contribution is 9.10. The molecule has 0 unspecified atom stereocenters. The number of hydrogen-bond acceptors (Lipinski definition) is 6. The number of aromatic nitrogens is 1. The first-order chi connectivity index (χ1) is 14.0. The van der Waals surface area contributed by atoms with Crippen LogP contribution in [0.3, 0.4) is 0 Å². The van der Waals surface area contributed by atoms with E-state index in [4.69, 9.17) is 14.2 Å². The van der Waals surface area contributed by atoms with Crippen LogP contribution in [0, 0.1) is 17.0 Å². The van der Waals surface area contributed by atoms with E-state index in [1.807, 2.05) is 42.5 Å². The Morgan fingerprint density at radius 3 is 2.79 bits per heavy atom. The summed E-state index contributed by atoms with van der Waals surface area (Å²) in [5.74, 6) is 0.470. The van der Waals surface area contributed by atoms with Crippen molar-refractivity contribution >= 4 is 21.7 Å². The zero-order chi connectivity index (χ0) is 20.4. The molecule has 0 fully saturated rings. The Morgan fingerprint density at radius 1 is 1.24 bits per heavy atom. The highest BCUT2D eigenvalue weighted by Crippen LogP contribution is 2.38. The van der Waals surface area contributed by atoms with Gasteiger partial charge in [-0.05, 0) is 34.2 Å². The predicted octanol–water partition coefficient (Wildman–Crippen LogP) is 5.25. The van der Waals surface area contributed by atoms with E-state index in [-0.39, 0.29) is 18.2 Å². The van der Waals surface area contributed by atoms with Gasteiger partial charge < -0.3 is 24.3 Å². The first-order valence-corrected chi connectivity index (χ1v) is 9.70. The highest BCUT2D eigenvalue weighted by Gasteiger charge is 2.26. The minimum absolute atomic E-state index is 0.0921. The summed E-state index contributed by atoms with van der Waals surface area (Å²) in [6.45, 7) is 2.17. The zero-order valence-corrected chi connectivity index (χ0v) is 17.1. The van der Waals surface area contributed by atoms with Gasteiger partial charge in [-0.25, -0.2) is 0 Å². The molecule has 1 aliphatic rings. The van der Waals surface area contributed by atoms with Gasteiger partial charge in [0.15, 0.2) is 0 Å². The van der Waals surface area contributed by atoms with E-state index in [0.717, 1.165) is 21.2 Å². The molecule has 1 aromatic heterocycles. The van der Waals surface area contributed by atoms with Crippen molar-refractivity contribution in [1.29, 1.82) is 0 Å². The number of nitrogens with zero attached hydrogens (tertiary/aromatic N) is 2. The van der Waals surface area contributed by atoms with E-state index in [0.29, 0.717) is 18.1 Å². The second kappa shape index (κ2) is 8.18. The molecule has 0 radical (unpaired) electrons. The van der Waals surface area contributed by atoms with Gasteiger partial charge >= 0.3 is 5.82 Å². The Balaban J connectivity index is 1.61. The van der Waals surface area contributed by atoms with Gasteiger partial charge in [0.05, 0.1) is 6.61 Å². The summed E-state index contributed by atoms with van der Waals surface area (Å²) in [7, 11) is 0. The molecule has 8 heteroatoms. The molecule has 4 rings (SSSR count). The molecule has 1 atom stereocenters. The van der Waals surface area contributed by atoms with Crippen molar-refractivity contribution in [3.05, 3.63) is 91.6 Å². The summed E-state index contributed by atoms with van der Waals surface area (Å²) >= 11 is 3.49. The third-order valence-corrected chi connectivity index (χ3v) is 4.89. The van der Waals surface area contributed by atoms with Crippen LogP contribution in [-0.4, -0.2) is 9.91 Å². The number of nitro groups is 1. The number of fused-ring (bicyclic) bond motifs is 1. The van der Waals surface area contributed by atoms with E-state index in [2.05, 4.69) is 20.9 Å². The van der Waals surface area contributed by atoms with Crippen LogP contribution >= 0.6 is 15.9 Å². The van der Waals surface area contributed by atoms with Crippen molar-refractivity contribution in [1.82, 2.24) is 4.98 Å². The Kier molecular flexibility index (Phi) is 5.46. The average molecular weight is 457 g/mol. The largest absolute Gasteiger partial charge is 0.481 e. The number of rotatable bonds is 5. The SMILES string of the molecule is Cc1ccc(OCc2cc(Br)cc3c2O[C@@H](c2ccccc2)OC3)c([N+](=O)[O-])n1. The molecular weight excluding hydrogens is 440 g/mol. The van der Waals surface area contributed by atoms with Gasteiger partial charge in [0.2, 0.25) is 12.0 Å². The van der Waals surface area contributed by atoms with Crippen molar-refractivity contribution in [3.63, 3.8) is 0 Å². The summed E-state index contributed by atoms with van der Waals surface area (Å²) in [4.78, 5) is 14.7. The van der Waals surface area contributed by atoms with E-state index in [1.165, 1.54) is 0 Å². The van der Waals surface area contributed by atoms with Crippen LogP contribution in [0.5, 0.6) is 11.5 Å². The van der Waals surface area contributed by atoms with E-state index in [9.17, 15) is 10.1 Å². The second-order valence-electron chi connectivity index (χ2n) is 6.54. The molecule has 2 heterocycles. The number of ether oxygens (including phenoxy) is 3. The van der Waals surface area contributed by atoms with Gasteiger partial charge in [-0.1, -0.05) is 46.3 Å². The van der Waals surface area contributed by atoms with Crippen LogP contribution in [0.2, 0.25) is 0 Å². The summed E-state index contributed by atoms with van der Waals surface area (Å²) in [6.07, 6.45) is -0.529. The maximum absolute atomic E-state index is 11.3. The molecule has 2 aromatic carbocycles. The number of hydrogen-bond donors (Lipinski definition) is 0. The third kappa shape index (κ3) is 4.23.